The Labute approximate surface area is 136 Å². The summed E-state index contributed by atoms with van der Waals surface area (Å²) in [4.78, 5) is 23.2. The molecule has 2 aromatic carbocycles. The summed E-state index contributed by atoms with van der Waals surface area (Å²) in [5.41, 5.74) is 3.41. The molecule has 0 saturated heterocycles. The standard InChI is InChI=1S/C18H21N3O2/c1-12-5-4-6-17(11-12)21-18(23)13(2)19-15-7-9-16(10-8-15)20-14(3)22/h4-11,13,19H,1-3H3,(H,20,22)(H,21,23). The fourth-order valence-electron chi connectivity index (χ4n) is 2.14. The Balaban J connectivity index is 1.94. The first-order valence-corrected chi connectivity index (χ1v) is 7.46. The van der Waals surface area contributed by atoms with Crippen LogP contribution in [0.25, 0.3) is 0 Å². The van der Waals surface area contributed by atoms with Gasteiger partial charge < -0.3 is 16.0 Å². The summed E-state index contributed by atoms with van der Waals surface area (Å²) >= 11 is 0. The summed E-state index contributed by atoms with van der Waals surface area (Å²) in [5.74, 6) is -0.224. The van der Waals surface area contributed by atoms with Crippen LogP contribution in [-0.2, 0) is 9.59 Å². The van der Waals surface area contributed by atoms with E-state index in [0.717, 1.165) is 22.6 Å². The van der Waals surface area contributed by atoms with E-state index in [2.05, 4.69) is 16.0 Å². The molecule has 23 heavy (non-hydrogen) atoms. The lowest BCUT2D eigenvalue weighted by molar-refractivity contribution is -0.116. The molecule has 0 aliphatic carbocycles. The van der Waals surface area contributed by atoms with Crippen LogP contribution in [-0.4, -0.2) is 17.9 Å². The lowest BCUT2D eigenvalue weighted by Gasteiger charge is -2.16. The highest BCUT2D eigenvalue weighted by atomic mass is 16.2. The van der Waals surface area contributed by atoms with Gasteiger partial charge in [0.2, 0.25) is 11.8 Å². The molecule has 0 saturated carbocycles. The number of carbonyl (C=O) groups excluding carboxylic acids is 2. The van der Waals surface area contributed by atoms with E-state index in [4.69, 9.17) is 0 Å². The molecule has 0 heterocycles. The van der Waals surface area contributed by atoms with Gasteiger partial charge in [0.05, 0.1) is 0 Å². The van der Waals surface area contributed by atoms with Gasteiger partial charge in [-0.2, -0.15) is 0 Å². The Morgan fingerprint density at radius 2 is 1.57 bits per heavy atom. The molecule has 1 atom stereocenters. The van der Waals surface area contributed by atoms with Crippen LogP contribution in [0.1, 0.15) is 19.4 Å². The van der Waals surface area contributed by atoms with Gasteiger partial charge in [-0.05, 0) is 55.8 Å². The molecule has 2 aromatic rings. The third-order valence-corrected chi connectivity index (χ3v) is 3.27. The van der Waals surface area contributed by atoms with E-state index in [1.807, 2.05) is 43.3 Å². The molecule has 5 heteroatoms. The Morgan fingerprint density at radius 1 is 0.913 bits per heavy atom. The molecule has 1 unspecified atom stereocenters. The van der Waals surface area contributed by atoms with Gasteiger partial charge >= 0.3 is 0 Å². The second-order valence-corrected chi connectivity index (χ2v) is 5.48. The zero-order valence-electron chi connectivity index (χ0n) is 13.5. The predicted octanol–water partition coefficient (Wildman–Crippen LogP) is 3.39. The van der Waals surface area contributed by atoms with E-state index in [0.29, 0.717) is 0 Å². The van der Waals surface area contributed by atoms with Crippen molar-refractivity contribution in [3.8, 4) is 0 Å². The molecule has 0 fully saturated rings. The highest BCUT2D eigenvalue weighted by Gasteiger charge is 2.12. The van der Waals surface area contributed by atoms with Gasteiger partial charge in [-0.15, -0.1) is 0 Å². The minimum atomic E-state index is -0.387. The van der Waals surface area contributed by atoms with Crippen LogP contribution < -0.4 is 16.0 Å². The Morgan fingerprint density at radius 3 is 2.17 bits per heavy atom. The Kier molecular flexibility index (Phi) is 5.36. The van der Waals surface area contributed by atoms with Crippen LogP contribution in [0.3, 0.4) is 0 Å². The monoisotopic (exact) mass is 311 g/mol. The van der Waals surface area contributed by atoms with Crippen LogP contribution in [0, 0.1) is 6.92 Å². The van der Waals surface area contributed by atoms with E-state index >= 15 is 0 Å². The van der Waals surface area contributed by atoms with E-state index in [9.17, 15) is 9.59 Å². The van der Waals surface area contributed by atoms with Crippen molar-refractivity contribution in [3.05, 3.63) is 54.1 Å². The van der Waals surface area contributed by atoms with Gasteiger partial charge in [-0.1, -0.05) is 12.1 Å². The van der Waals surface area contributed by atoms with Gasteiger partial charge in [-0.25, -0.2) is 0 Å². The molecule has 2 rings (SSSR count). The number of aryl methyl sites for hydroxylation is 1. The summed E-state index contributed by atoms with van der Waals surface area (Å²) in [7, 11) is 0. The number of benzene rings is 2. The predicted molar refractivity (Wildman–Crippen MR) is 93.6 cm³/mol. The first-order valence-electron chi connectivity index (χ1n) is 7.46. The number of hydrogen-bond acceptors (Lipinski definition) is 3. The topological polar surface area (TPSA) is 70.2 Å². The van der Waals surface area contributed by atoms with Gasteiger partial charge in [0.25, 0.3) is 0 Å². The first kappa shape index (κ1) is 16.5. The van der Waals surface area contributed by atoms with Crippen LogP contribution in [0.4, 0.5) is 17.1 Å². The average Bonchev–Trinajstić information content (AvgIpc) is 2.48. The molecule has 0 radical (unpaired) electrons. The second-order valence-electron chi connectivity index (χ2n) is 5.48. The number of amides is 2. The smallest absolute Gasteiger partial charge is 0.246 e. The van der Waals surface area contributed by atoms with E-state index in [1.165, 1.54) is 6.92 Å². The lowest BCUT2D eigenvalue weighted by Crippen LogP contribution is -2.31. The number of rotatable bonds is 5. The first-order chi connectivity index (χ1) is 10.9. The number of nitrogens with one attached hydrogen (secondary N) is 3. The van der Waals surface area contributed by atoms with Crippen LogP contribution in [0.15, 0.2) is 48.5 Å². The number of anilines is 3. The van der Waals surface area contributed by atoms with Gasteiger partial charge in [0.1, 0.15) is 6.04 Å². The Hall–Kier alpha value is -2.82. The maximum absolute atomic E-state index is 12.2. The third-order valence-electron chi connectivity index (χ3n) is 3.27. The fourth-order valence-corrected chi connectivity index (χ4v) is 2.14. The van der Waals surface area contributed by atoms with E-state index < -0.39 is 0 Å². The highest BCUT2D eigenvalue weighted by Crippen LogP contribution is 2.15. The average molecular weight is 311 g/mol. The summed E-state index contributed by atoms with van der Waals surface area (Å²) in [6.45, 7) is 5.24. The molecule has 0 aliphatic heterocycles. The quantitative estimate of drug-likeness (QED) is 0.792. The SMILES string of the molecule is CC(=O)Nc1ccc(NC(C)C(=O)Nc2cccc(C)c2)cc1. The van der Waals surface area contributed by atoms with Crippen molar-refractivity contribution in [3.63, 3.8) is 0 Å². The minimum absolute atomic E-state index is 0.110. The molecule has 120 valence electrons. The lowest BCUT2D eigenvalue weighted by atomic mass is 10.2. The second kappa shape index (κ2) is 7.45. The molecular weight excluding hydrogens is 290 g/mol. The van der Waals surface area contributed by atoms with Crippen molar-refractivity contribution in [2.45, 2.75) is 26.8 Å². The van der Waals surface area contributed by atoms with Crippen molar-refractivity contribution in [1.29, 1.82) is 0 Å². The molecular formula is C18H21N3O2. The maximum Gasteiger partial charge on any atom is 0.246 e. The van der Waals surface area contributed by atoms with Crippen LogP contribution >= 0.6 is 0 Å². The summed E-state index contributed by atoms with van der Waals surface area (Å²) < 4.78 is 0. The van der Waals surface area contributed by atoms with Crippen LogP contribution in [0.5, 0.6) is 0 Å². The molecule has 2 amide bonds. The zero-order valence-corrected chi connectivity index (χ0v) is 13.5. The molecule has 0 aromatic heterocycles. The molecule has 0 bridgehead atoms. The molecule has 0 aliphatic rings. The number of hydrogen-bond donors (Lipinski definition) is 3. The van der Waals surface area contributed by atoms with E-state index in [-0.39, 0.29) is 17.9 Å². The third kappa shape index (κ3) is 5.14. The van der Waals surface area contributed by atoms with Crippen molar-refractivity contribution in [2.24, 2.45) is 0 Å². The largest absolute Gasteiger partial charge is 0.374 e. The Bertz CT molecular complexity index is 696. The van der Waals surface area contributed by atoms with Gasteiger partial charge in [-0.3, -0.25) is 9.59 Å². The maximum atomic E-state index is 12.2. The van der Waals surface area contributed by atoms with E-state index in [1.54, 1.807) is 19.1 Å². The van der Waals surface area contributed by atoms with Crippen molar-refractivity contribution in [2.75, 3.05) is 16.0 Å². The normalized spacial score (nSPS) is 11.4. The van der Waals surface area contributed by atoms with Crippen molar-refractivity contribution >= 4 is 28.9 Å². The van der Waals surface area contributed by atoms with Crippen molar-refractivity contribution < 1.29 is 9.59 Å². The number of carbonyl (C=O) groups is 2. The highest BCUT2D eigenvalue weighted by molar-refractivity contribution is 5.96. The molecule has 0 spiro atoms. The summed E-state index contributed by atoms with van der Waals surface area (Å²) in [6.07, 6.45) is 0. The minimum Gasteiger partial charge on any atom is -0.374 e. The zero-order chi connectivity index (χ0) is 16.8. The van der Waals surface area contributed by atoms with Crippen molar-refractivity contribution in [1.82, 2.24) is 0 Å². The van der Waals surface area contributed by atoms with Gasteiger partial charge in [0.15, 0.2) is 0 Å². The summed E-state index contributed by atoms with van der Waals surface area (Å²) in [6, 6.07) is 14.5. The van der Waals surface area contributed by atoms with Gasteiger partial charge in [0, 0.05) is 24.0 Å². The fraction of sp³-hybridized carbons (Fsp3) is 0.222. The van der Waals surface area contributed by atoms with Crippen LogP contribution in [0.2, 0.25) is 0 Å². The summed E-state index contributed by atoms with van der Waals surface area (Å²) in [5, 5.41) is 8.71. The molecule has 5 nitrogen and oxygen atoms in total. The molecule has 3 N–H and O–H groups in total.